The summed E-state index contributed by atoms with van der Waals surface area (Å²) in [5.41, 5.74) is 5.77. The van der Waals surface area contributed by atoms with Gasteiger partial charge in [0.15, 0.2) is 0 Å². The Hall–Kier alpha value is -6.86. The van der Waals surface area contributed by atoms with Crippen molar-refractivity contribution in [1.29, 1.82) is 0 Å². The van der Waals surface area contributed by atoms with Gasteiger partial charge in [0.25, 0.3) is 0 Å². The Bertz CT molecular complexity index is 2120. The maximum atomic E-state index is 11.6. The fraction of sp³-hybridized carbons (Fsp3) is 0.348. The Morgan fingerprint density at radius 1 is 0.391 bits per heavy atom. The molecule has 0 amide bonds. The number of nitrogens with zero attached hydrogens (tertiary/aromatic N) is 6. The number of benzene rings is 4. The van der Waals surface area contributed by atoms with Crippen LogP contribution in [0.2, 0.25) is 0 Å². The first kappa shape index (κ1) is 45.2. The van der Waals surface area contributed by atoms with Crippen LogP contribution in [0.1, 0.15) is 65.4 Å². The first-order chi connectivity index (χ1) is 31.0. The van der Waals surface area contributed by atoms with E-state index in [2.05, 4.69) is 9.80 Å². The molecule has 336 valence electrons. The molecule has 3 aliphatic heterocycles. The van der Waals surface area contributed by atoms with E-state index in [1.165, 1.54) is 24.3 Å². The maximum absolute atomic E-state index is 11.6. The van der Waals surface area contributed by atoms with Crippen LogP contribution in [0.5, 0.6) is 0 Å². The van der Waals surface area contributed by atoms with Crippen molar-refractivity contribution in [2.45, 2.75) is 12.8 Å². The lowest BCUT2D eigenvalue weighted by Gasteiger charge is -2.26. The molecule has 4 N–H and O–H groups in total. The number of carbonyl (C=O) groups is 4. The summed E-state index contributed by atoms with van der Waals surface area (Å²) < 4.78 is 23.9. The molecule has 7 rings (SSSR count). The molecule has 0 atom stereocenters. The Kier molecular flexibility index (Phi) is 15.2. The van der Waals surface area contributed by atoms with Gasteiger partial charge in [-0.3, -0.25) is 10.0 Å². The van der Waals surface area contributed by atoms with Crippen molar-refractivity contribution < 1.29 is 58.6 Å². The van der Waals surface area contributed by atoms with E-state index in [4.69, 9.17) is 29.2 Å². The lowest BCUT2D eigenvalue weighted by molar-refractivity contribution is 0.0436. The molecule has 0 radical (unpaired) electrons. The van der Waals surface area contributed by atoms with Gasteiger partial charge in [-0.15, -0.1) is 0 Å². The quantitative estimate of drug-likeness (QED) is 0.163. The summed E-state index contributed by atoms with van der Waals surface area (Å²) in [5.74, 6) is -4.84. The van der Waals surface area contributed by atoms with Gasteiger partial charge in [0.2, 0.25) is 0 Å². The molecular weight excluding hydrogens is 829 g/mol. The zero-order valence-corrected chi connectivity index (χ0v) is 35.1. The highest BCUT2D eigenvalue weighted by molar-refractivity contribution is 6.04. The number of rotatable bonds is 10. The Morgan fingerprint density at radius 2 is 0.688 bits per heavy atom. The third-order valence-electron chi connectivity index (χ3n) is 10.9. The second-order valence-electron chi connectivity index (χ2n) is 15.1. The van der Waals surface area contributed by atoms with E-state index in [9.17, 15) is 39.6 Å². The van der Waals surface area contributed by atoms with Crippen molar-refractivity contribution in [3.8, 4) is 0 Å². The van der Waals surface area contributed by atoms with Gasteiger partial charge in [0.1, 0.15) is 0 Å². The fourth-order valence-corrected chi connectivity index (χ4v) is 7.52. The minimum absolute atomic E-state index is 0.114. The van der Waals surface area contributed by atoms with Crippen molar-refractivity contribution in [3.05, 3.63) is 118 Å². The third kappa shape index (κ3) is 11.8. The average Bonchev–Trinajstić information content (AvgIpc) is 4.01. The Balaban J connectivity index is 0.909. The van der Waals surface area contributed by atoms with E-state index in [0.29, 0.717) is 116 Å². The van der Waals surface area contributed by atoms with Crippen molar-refractivity contribution in [2.24, 2.45) is 10.2 Å². The van der Waals surface area contributed by atoms with Crippen LogP contribution in [0.25, 0.3) is 0 Å². The number of hydrogen-bond donors (Lipinski definition) is 4. The maximum Gasteiger partial charge on any atom is 0.335 e. The minimum atomic E-state index is -1.21. The van der Waals surface area contributed by atoms with Crippen LogP contribution in [0.3, 0.4) is 0 Å². The summed E-state index contributed by atoms with van der Waals surface area (Å²) in [4.78, 5) is 50.9. The summed E-state index contributed by atoms with van der Waals surface area (Å²) >= 11 is 0. The SMILES string of the molecule is O=C(O)c1cc(C(=O)O)cc(N2CCC(c3ccc(N4CCOCCOCCN(c5ccc(C6=NN(c7cc(C(=O)O)cc(C(=O)O)c7)CC6)cc5)CCOCCOCC4)cc3)=N2)c1. The van der Waals surface area contributed by atoms with E-state index < -0.39 is 23.9 Å². The summed E-state index contributed by atoms with van der Waals surface area (Å²) in [6, 6.07) is 24.0. The van der Waals surface area contributed by atoms with Gasteiger partial charge in [-0.1, -0.05) is 24.3 Å². The van der Waals surface area contributed by atoms with Gasteiger partial charge >= 0.3 is 23.9 Å². The van der Waals surface area contributed by atoms with Gasteiger partial charge in [0, 0.05) is 63.5 Å². The number of aromatic carboxylic acids is 4. The van der Waals surface area contributed by atoms with Crippen molar-refractivity contribution in [3.63, 3.8) is 0 Å². The first-order valence-electron chi connectivity index (χ1n) is 21.0. The molecule has 18 nitrogen and oxygen atoms in total. The third-order valence-corrected chi connectivity index (χ3v) is 10.9. The number of anilines is 4. The van der Waals surface area contributed by atoms with Crippen molar-refractivity contribution >= 4 is 58.1 Å². The highest BCUT2D eigenvalue weighted by Crippen LogP contribution is 2.28. The molecular formula is C46H50N6O12. The highest BCUT2D eigenvalue weighted by atomic mass is 16.5. The fourth-order valence-electron chi connectivity index (χ4n) is 7.52. The largest absolute Gasteiger partial charge is 0.478 e. The van der Waals surface area contributed by atoms with E-state index in [0.717, 1.165) is 46.1 Å². The molecule has 64 heavy (non-hydrogen) atoms. The molecule has 1 saturated heterocycles. The molecule has 0 aromatic heterocycles. The molecule has 4 aromatic rings. The van der Waals surface area contributed by atoms with Crippen molar-refractivity contribution in [1.82, 2.24) is 0 Å². The number of hydrogen-bond acceptors (Lipinski definition) is 14. The predicted octanol–water partition coefficient (Wildman–Crippen LogP) is 5.10. The minimum Gasteiger partial charge on any atom is -0.478 e. The van der Waals surface area contributed by atoms with Gasteiger partial charge < -0.3 is 49.2 Å². The molecule has 1 fully saturated rings. The molecule has 0 aliphatic carbocycles. The lowest BCUT2D eigenvalue weighted by Crippen LogP contribution is -2.33. The predicted molar refractivity (Wildman–Crippen MR) is 238 cm³/mol. The molecule has 4 aromatic carbocycles. The van der Waals surface area contributed by atoms with Crippen LogP contribution >= 0.6 is 0 Å². The smallest absolute Gasteiger partial charge is 0.335 e. The molecule has 3 heterocycles. The van der Waals surface area contributed by atoms with Crippen LogP contribution in [0.15, 0.2) is 95.1 Å². The van der Waals surface area contributed by atoms with Gasteiger partial charge in [-0.25, -0.2) is 19.2 Å². The second-order valence-corrected chi connectivity index (χ2v) is 15.1. The van der Waals surface area contributed by atoms with Crippen LogP contribution in [0, 0.1) is 0 Å². The zero-order valence-electron chi connectivity index (χ0n) is 35.1. The molecule has 0 unspecified atom stereocenters. The topological polar surface area (TPSA) is 224 Å². The standard InChI is InChI=1S/C46H50N6O12/c53-43(54)33-25-34(44(55)56)28-39(27-33)51-11-9-41(47-51)31-1-5-37(6-2-31)49-13-17-61-21-23-63-19-15-50(16-20-64-24-22-62-18-14-49)38-7-3-32(4-8-38)42-10-12-52(48-42)40-29-35(45(57)58)26-36(30-40)46(59)60/h1-8,25-30H,9-24H2,(H,53,54)(H,55,56)(H,57,58)(H,59,60). The van der Waals surface area contributed by atoms with Crippen LogP contribution in [0.4, 0.5) is 22.7 Å². The van der Waals surface area contributed by atoms with E-state index in [1.807, 2.05) is 48.5 Å². The average molecular weight is 879 g/mol. The molecule has 0 spiro atoms. The van der Waals surface area contributed by atoms with E-state index >= 15 is 0 Å². The Labute approximate surface area is 369 Å². The normalized spacial score (nSPS) is 17.3. The van der Waals surface area contributed by atoms with Crippen LogP contribution in [-0.2, 0) is 18.9 Å². The first-order valence-corrected chi connectivity index (χ1v) is 21.0. The second kappa shape index (κ2) is 21.5. The Morgan fingerprint density at radius 3 is 0.969 bits per heavy atom. The van der Waals surface area contributed by atoms with Gasteiger partial charge in [0.05, 0.1) is 97.9 Å². The number of ether oxygens (including phenoxy) is 4. The number of carboxylic acids is 4. The van der Waals surface area contributed by atoms with Gasteiger partial charge in [-0.05, 0) is 71.8 Å². The zero-order chi connectivity index (χ0) is 45.0. The van der Waals surface area contributed by atoms with E-state index in [1.54, 1.807) is 10.0 Å². The molecule has 0 bridgehead atoms. The molecule has 0 saturated carbocycles. The summed E-state index contributed by atoms with van der Waals surface area (Å²) in [6.45, 7) is 7.07. The summed E-state index contributed by atoms with van der Waals surface area (Å²) in [7, 11) is 0. The highest BCUT2D eigenvalue weighted by Gasteiger charge is 2.23. The number of hydrazone groups is 2. The number of carboxylic acid groups (broad SMARTS) is 4. The monoisotopic (exact) mass is 878 g/mol. The molecule has 18 heteroatoms. The van der Waals surface area contributed by atoms with Crippen LogP contribution < -0.4 is 19.8 Å². The van der Waals surface area contributed by atoms with Crippen LogP contribution in [-0.4, -0.2) is 148 Å². The van der Waals surface area contributed by atoms with E-state index in [-0.39, 0.29) is 22.3 Å². The molecule has 3 aliphatic rings. The lowest BCUT2D eigenvalue weighted by atomic mass is 10.1. The van der Waals surface area contributed by atoms with Crippen molar-refractivity contribution in [2.75, 3.05) is 112 Å². The summed E-state index contributed by atoms with van der Waals surface area (Å²) in [5, 5.41) is 50.6. The van der Waals surface area contributed by atoms with Gasteiger partial charge in [-0.2, -0.15) is 10.2 Å². The summed E-state index contributed by atoms with van der Waals surface area (Å²) in [6.07, 6.45) is 1.21.